The lowest BCUT2D eigenvalue weighted by molar-refractivity contribution is 0.0988. The normalized spacial score (nSPS) is 10.2. The van der Waals surface area contributed by atoms with Gasteiger partial charge in [-0.1, -0.05) is 48.5 Å². The molecule has 0 aliphatic carbocycles. The monoisotopic (exact) mass is 1200 g/mol. The summed E-state index contributed by atoms with van der Waals surface area (Å²) in [4.78, 5) is 58.5. The van der Waals surface area contributed by atoms with Crippen LogP contribution in [0.1, 0.15) is 85.9 Å². The number of primary amides is 4. The van der Waals surface area contributed by atoms with Gasteiger partial charge in [-0.05, 0) is 167 Å². The quantitative estimate of drug-likeness (QED) is 0.0658. The first-order valence-electron chi connectivity index (χ1n) is 27.0. The van der Waals surface area contributed by atoms with Crippen LogP contribution in [-0.2, 0) is 0 Å². The van der Waals surface area contributed by atoms with Crippen molar-refractivity contribution in [2.45, 2.75) is 0 Å². The van der Waals surface area contributed by atoms with Gasteiger partial charge in [0.25, 0.3) is 0 Å². The number of nitriles is 8. The minimum atomic E-state index is -1.15. The van der Waals surface area contributed by atoms with Crippen molar-refractivity contribution in [2.75, 3.05) is 0 Å². The van der Waals surface area contributed by atoms with E-state index in [0.717, 1.165) is 0 Å². The number of nitrogens with zero attached hydrogens (tertiary/aromatic N) is 8. The molecule has 0 bridgehead atoms. The summed E-state index contributed by atoms with van der Waals surface area (Å²) in [6.45, 7) is 0. The average Bonchev–Trinajstić information content (AvgIpc) is 0.715. The summed E-state index contributed by atoms with van der Waals surface area (Å²) in [5.41, 5.74) is 25.5. The minimum Gasteiger partial charge on any atom is -0.457 e. The third kappa shape index (κ3) is 12.1. The largest absolute Gasteiger partial charge is 0.457 e. The highest BCUT2D eigenvalue weighted by molar-refractivity contribution is 6.23. The number of carbonyl (C=O) groups excluding carboxylic acids is 4. The van der Waals surface area contributed by atoms with Crippen molar-refractivity contribution < 1.29 is 38.1 Å². The zero-order valence-corrected chi connectivity index (χ0v) is 47.5. The molecule has 0 saturated heterocycles. The number of carbonyl (C=O) groups is 4. The molecule has 8 N–H and O–H groups in total. The average molecular weight is 1200 g/mol. The summed E-state index contributed by atoms with van der Waals surface area (Å²) in [7, 11) is 0. The van der Waals surface area contributed by atoms with Gasteiger partial charge in [-0.25, -0.2) is 0 Å². The van der Waals surface area contributed by atoms with E-state index in [2.05, 4.69) is 0 Å². The van der Waals surface area contributed by atoms with Gasteiger partial charge in [-0.2, -0.15) is 42.1 Å². The summed E-state index contributed by atoms with van der Waals surface area (Å²) in [5.74, 6) is -2.77. The van der Waals surface area contributed by atoms with Crippen molar-refractivity contribution in [1.29, 1.82) is 42.1 Å². The zero-order chi connectivity index (χ0) is 65.3. The molecule has 0 radical (unpaired) electrons. The van der Waals surface area contributed by atoms with Crippen LogP contribution in [0, 0.1) is 90.6 Å². The Hall–Kier alpha value is -14.8. The maximum atomic E-state index is 15.1. The Kier molecular flexibility index (Phi) is 16.9. The Morgan fingerprint density at radius 3 is 0.750 bits per heavy atom. The van der Waals surface area contributed by atoms with E-state index in [4.69, 9.17) is 41.9 Å². The van der Waals surface area contributed by atoms with Crippen LogP contribution in [0.5, 0.6) is 46.0 Å². The maximum Gasteiger partial charge on any atom is 0.250 e. The van der Waals surface area contributed by atoms with E-state index in [0.29, 0.717) is 0 Å². The molecule has 0 aliphatic heterocycles. The lowest BCUT2D eigenvalue weighted by atomic mass is 9.75. The van der Waals surface area contributed by atoms with E-state index in [1.807, 2.05) is 48.6 Å². The third-order valence-corrected chi connectivity index (χ3v) is 14.4. The molecule has 10 aromatic carbocycles. The molecule has 0 heterocycles. The molecule has 434 valence electrons. The van der Waals surface area contributed by atoms with E-state index in [1.54, 1.807) is 12.1 Å². The molecular weight excluding hydrogens is 1160 g/mol. The zero-order valence-electron chi connectivity index (χ0n) is 47.5. The van der Waals surface area contributed by atoms with E-state index in [1.165, 1.54) is 170 Å². The van der Waals surface area contributed by atoms with Crippen LogP contribution in [0.25, 0.3) is 55.6 Å². The molecule has 0 aromatic heterocycles. The number of hydrogen-bond donors (Lipinski definition) is 4. The van der Waals surface area contributed by atoms with E-state index < -0.39 is 23.6 Å². The highest BCUT2D eigenvalue weighted by Gasteiger charge is 2.35. The molecule has 0 spiro atoms. The van der Waals surface area contributed by atoms with Crippen molar-refractivity contribution >= 4 is 23.6 Å². The molecule has 92 heavy (non-hydrogen) atoms. The fourth-order valence-electron chi connectivity index (χ4n) is 10.3. The number of rotatable bonds is 17. The van der Waals surface area contributed by atoms with Crippen LogP contribution in [0.4, 0.5) is 0 Å². The molecule has 0 atom stereocenters. The van der Waals surface area contributed by atoms with Crippen LogP contribution < -0.4 is 41.9 Å². The molecule has 0 fully saturated rings. The number of ether oxygens (including phenoxy) is 4. The van der Waals surface area contributed by atoms with Gasteiger partial charge in [0.05, 0.1) is 61.2 Å². The minimum absolute atomic E-state index is 0.000354. The molecule has 10 rings (SSSR count). The highest BCUT2D eigenvalue weighted by Crippen LogP contribution is 2.52. The second kappa shape index (κ2) is 25.8. The maximum absolute atomic E-state index is 15.1. The molecule has 20 nitrogen and oxygen atoms in total. The van der Waals surface area contributed by atoms with Gasteiger partial charge >= 0.3 is 0 Å². The van der Waals surface area contributed by atoms with Gasteiger partial charge in [-0.15, -0.1) is 0 Å². The Balaban J connectivity index is 1.27. The van der Waals surface area contributed by atoms with Crippen molar-refractivity contribution in [1.82, 2.24) is 0 Å². The standard InChI is InChI=1S/C72H38N12O8/c73-31-43-9-21-56(25-48(43)35-77)89-52-13-1-39(2-14-52)60-29-47(69(81)85)30-61(65(60)70(82)86)66-64(42-7-19-55(20-8-42)92-59-24-12-46(34-76)51(28-59)38-80)67(71(83)87)62(40-3-15-53(16-4-40)90-57-22-10-44(32-74)49(26-57)36-78)63(68(66)72(84)88)41-5-17-54(18-6-41)91-58-23-11-45(33-75)50(27-58)37-79/h1-30H,(H2,81,85)(H2,82,86)(H2,83,87)(H2,84,88). The molecule has 0 aliphatic rings. The first kappa shape index (κ1) is 60.3. The lowest BCUT2D eigenvalue weighted by Gasteiger charge is -2.27. The Labute approximate surface area is 523 Å². The predicted molar refractivity (Wildman–Crippen MR) is 331 cm³/mol. The van der Waals surface area contributed by atoms with Gasteiger partial charge in [-0.3, -0.25) is 19.2 Å². The van der Waals surface area contributed by atoms with Gasteiger partial charge in [0.1, 0.15) is 94.5 Å². The summed E-state index contributed by atoms with van der Waals surface area (Å²) in [5, 5.41) is 77.2. The second-order valence-corrected chi connectivity index (χ2v) is 19.9. The van der Waals surface area contributed by atoms with Gasteiger partial charge in [0.15, 0.2) is 0 Å². The van der Waals surface area contributed by atoms with Crippen molar-refractivity contribution in [3.05, 3.63) is 249 Å². The first-order chi connectivity index (χ1) is 44.5. The fraction of sp³-hybridized carbons (Fsp3) is 0. The molecule has 20 heteroatoms. The van der Waals surface area contributed by atoms with Crippen LogP contribution in [0.2, 0.25) is 0 Å². The van der Waals surface area contributed by atoms with Crippen molar-refractivity contribution in [3.8, 4) is 150 Å². The summed E-state index contributed by atoms with van der Waals surface area (Å²) < 4.78 is 24.5. The SMILES string of the molecule is N#Cc1ccc(Oc2ccc(-c3cc(C(N)=O)cc(-c4c(C(N)=O)c(-c5ccc(Oc6ccc(C#N)c(C#N)c6)cc5)c(-c5ccc(Oc6ccc(C#N)c(C#N)c6)cc5)c(C(N)=O)c4-c4ccc(Oc5ccc(C#N)c(C#N)c5)cc4)c3C(N)=O)cc2)cc1C#N. The van der Waals surface area contributed by atoms with Crippen LogP contribution >= 0.6 is 0 Å². The van der Waals surface area contributed by atoms with Gasteiger partial charge < -0.3 is 41.9 Å². The Bertz CT molecular complexity index is 5140. The third-order valence-electron chi connectivity index (χ3n) is 14.4. The molecule has 0 unspecified atom stereocenters. The number of hydrogen-bond acceptors (Lipinski definition) is 16. The summed E-state index contributed by atoms with van der Waals surface area (Å²) >= 11 is 0. The van der Waals surface area contributed by atoms with Crippen molar-refractivity contribution in [2.24, 2.45) is 22.9 Å². The molecule has 10 aromatic rings. The summed E-state index contributed by atoms with van der Waals surface area (Å²) in [6.07, 6.45) is 0. The number of nitrogens with two attached hydrogens (primary N) is 4. The number of amides is 4. The lowest BCUT2D eigenvalue weighted by Crippen LogP contribution is -2.23. The van der Waals surface area contributed by atoms with Crippen molar-refractivity contribution in [3.63, 3.8) is 0 Å². The van der Waals surface area contributed by atoms with E-state index >= 15 is 9.59 Å². The second-order valence-electron chi connectivity index (χ2n) is 19.9. The van der Waals surface area contributed by atoms with E-state index in [-0.39, 0.29) is 168 Å². The molecule has 4 amide bonds. The smallest absolute Gasteiger partial charge is 0.250 e. The predicted octanol–water partition coefficient (Wildman–Crippen LogP) is 12.6. The number of benzene rings is 10. The van der Waals surface area contributed by atoms with Gasteiger partial charge in [0.2, 0.25) is 23.6 Å². The summed E-state index contributed by atoms with van der Waals surface area (Å²) in [6, 6.07) is 59.8. The van der Waals surface area contributed by atoms with Crippen LogP contribution in [0.3, 0.4) is 0 Å². The fourth-order valence-corrected chi connectivity index (χ4v) is 10.3. The Morgan fingerprint density at radius 2 is 0.489 bits per heavy atom. The highest BCUT2D eigenvalue weighted by atomic mass is 16.5. The topological polar surface area (TPSA) is 400 Å². The van der Waals surface area contributed by atoms with E-state index in [9.17, 15) is 51.7 Å². The van der Waals surface area contributed by atoms with Crippen LogP contribution in [0.15, 0.2) is 182 Å². The first-order valence-corrected chi connectivity index (χ1v) is 27.0. The molecule has 0 saturated carbocycles. The Morgan fingerprint density at radius 1 is 0.250 bits per heavy atom. The van der Waals surface area contributed by atoms with Gasteiger partial charge in [0, 0.05) is 27.8 Å². The van der Waals surface area contributed by atoms with Crippen LogP contribution in [-0.4, -0.2) is 23.6 Å². The molecular formula is C72H38N12O8.